The fourth-order valence-electron chi connectivity index (χ4n) is 3.46. The number of hydrogen-bond donors (Lipinski definition) is 0. The van der Waals surface area contributed by atoms with E-state index < -0.39 is 0 Å². The van der Waals surface area contributed by atoms with E-state index in [1.807, 2.05) is 47.4 Å². The third kappa shape index (κ3) is 5.03. The summed E-state index contributed by atoms with van der Waals surface area (Å²) in [5, 5.41) is 12.4. The van der Waals surface area contributed by atoms with Crippen LogP contribution in [-0.2, 0) is 17.9 Å². The zero-order valence-electron chi connectivity index (χ0n) is 16.1. The van der Waals surface area contributed by atoms with Crippen LogP contribution in [0, 0.1) is 5.82 Å². The van der Waals surface area contributed by atoms with Crippen LogP contribution in [0.4, 0.5) is 4.39 Å². The van der Waals surface area contributed by atoms with Gasteiger partial charge in [-0.1, -0.05) is 42.5 Å². The van der Waals surface area contributed by atoms with Crippen LogP contribution in [0.5, 0.6) is 0 Å². The van der Waals surface area contributed by atoms with Gasteiger partial charge in [-0.3, -0.25) is 9.69 Å². The molecule has 0 unspecified atom stereocenters. The lowest BCUT2D eigenvalue weighted by Crippen LogP contribution is -2.37. The SMILES string of the molecule is O=C(Cn1nnc(-c2ccccc2)n1)N1CCCN(Cc2ccc(F)cc2)CC1. The molecule has 1 aromatic heterocycles. The van der Waals surface area contributed by atoms with E-state index in [9.17, 15) is 9.18 Å². The van der Waals surface area contributed by atoms with E-state index in [1.165, 1.54) is 16.9 Å². The first-order valence-corrected chi connectivity index (χ1v) is 9.75. The molecule has 0 saturated carbocycles. The van der Waals surface area contributed by atoms with Crippen LogP contribution in [0.3, 0.4) is 0 Å². The summed E-state index contributed by atoms with van der Waals surface area (Å²) < 4.78 is 13.1. The molecule has 8 heteroatoms. The average molecular weight is 394 g/mol. The number of halogens is 1. The summed E-state index contributed by atoms with van der Waals surface area (Å²) in [5.41, 5.74) is 1.95. The zero-order chi connectivity index (χ0) is 20.1. The van der Waals surface area contributed by atoms with Crippen LogP contribution in [0.15, 0.2) is 54.6 Å². The number of carbonyl (C=O) groups excluding carboxylic acids is 1. The van der Waals surface area contributed by atoms with Crippen molar-refractivity contribution in [3.8, 4) is 11.4 Å². The van der Waals surface area contributed by atoms with Gasteiger partial charge in [0.1, 0.15) is 12.4 Å². The second-order valence-corrected chi connectivity index (χ2v) is 7.15. The van der Waals surface area contributed by atoms with Gasteiger partial charge in [-0.2, -0.15) is 4.80 Å². The molecule has 3 aromatic rings. The van der Waals surface area contributed by atoms with Gasteiger partial charge in [0.25, 0.3) is 0 Å². The molecule has 0 N–H and O–H groups in total. The lowest BCUT2D eigenvalue weighted by molar-refractivity contribution is -0.132. The van der Waals surface area contributed by atoms with Crippen molar-refractivity contribution in [3.63, 3.8) is 0 Å². The van der Waals surface area contributed by atoms with E-state index in [0.717, 1.165) is 37.2 Å². The van der Waals surface area contributed by atoms with E-state index in [4.69, 9.17) is 0 Å². The minimum atomic E-state index is -0.224. The molecule has 0 spiro atoms. The average Bonchev–Trinajstić information content (AvgIpc) is 3.08. The highest BCUT2D eigenvalue weighted by atomic mass is 19.1. The minimum absolute atomic E-state index is 0.00866. The van der Waals surface area contributed by atoms with Crippen molar-refractivity contribution in [3.05, 3.63) is 66.0 Å². The number of amides is 1. The van der Waals surface area contributed by atoms with Gasteiger partial charge < -0.3 is 4.90 Å². The Labute approximate surface area is 168 Å². The Hall–Kier alpha value is -3.13. The van der Waals surface area contributed by atoms with Crippen LogP contribution in [0.2, 0.25) is 0 Å². The van der Waals surface area contributed by atoms with Crippen LogP contribution >= 0.6 is 0 Å². The van der Waals surface area contributed by atoms with Gasteiger partial charge in [-0.15, -0.1) is 10.2 Å². The van der Waals surface area contributed by atoms with Crippen molar-refractivity contribution in [2.24, 2.45) is 0 Å². The first kappa shape index (κ1) is 19.2. The molecule has 7 nitrogen and oxygen atoms in total. The fourth-order valence-corrected chi connectivity index (χ4v) is 3.46. The van der Waals surface area contributed by atoms with Crippen molar-refractivity contribution in [2.45, 2.75) is 19.5 Å². The van der Waals surface area contributed by atoms with Gasteiger partial charge in [-0.05, 0) is 29.3 Å². The van der Waals surface area contributed by atoms with E-state index in [2.05, 4.69) is 20.3 Å². The summed E-state index contributed by atoms with van der Waals surface area (Å²) in [5.74, 6) is 0.281. The summed E-state index contributed by atoms with van der Waals surface area (Å²) in [6.45, 7) is 3.88. The number of carbonyl (C=O) groups is 1. The Bertz CT molecular complexity index is 943. The first-order valence-electron chi connectivity index (χ1n) is 9.75. The lowest BCUT2D eigenvalue weighted by Gasteiger charge is -2.22. The van der Waals surface area contributed by atoms with Crippen molar-refractivity contribution in [1.82, 2.24) is 30.0 Å². The Morgan fingerprint density at radius 1 is 0.966 bits per heavy atom. The molecule has 1 amide bonds. The van der Waals surface area contributed by atoms with Gasteiger partial charge in [0.15, 0.2) is 0 Å². The molecular weight excluding hydrogens is 371 g/mol. The molecule has 1 aliphatic heterocycles. The van der Waals surface area contributed by atoms with Crippen molar-refractivity contribution < 1.29 is 9.18 Å². The third-order valence-corrected chi connectivity index (χ3v) is 5.02. The summed E-state index contributed by atoms with van der Waals surface area (Å²) >= 11 is 0. The number of tetrazole rings is 1. The van der Waals surface area contributed by atoms with Crippen LogP contribution in [-0.4, -0.2) is 62.1 Å². The number of nitrogens with zero attached hydrogens (tertiary/aromatic N) is 6. The highest BCUT2D eigenvalue weighted by Crippen LogP contribution is 2.13. The van der Waals surface area contributed by atoms with Crippen LogP contribution < -0.4 is 0 Å². The monoisotopic (exact) mass is 394 g/mol. The standard InChI is InChI=1S/C21H23FN6O/c22-19-9-7-17(8-10-19)15-26-11-4-12-27(14-13-26)20(29)16-28-24-21(23-25-28)18-5-2-1-3-6-18/h1-3,5-10H,4,11-16H2. The molecule has 2 heterocycles. The maximum atomic E-state index is 13.1. The highest BCUT2D eigenvalue weighted by molar-refractivity contribution is 5.75. The van der Waals surface area contributed by atoms with Crippen molar-refractivity contribution in [1.29, 1.82) is 0 Å². The van der Waals surface area contributed by atoms with Crippen LogP contribution in [0.1, 0.15) is 12.0 Å². The molecule has 29 heavy (non-hydrogen) atoms. The van der Waals surface area contributed by atoms with Gasteiger partial charge in [0.05, 0.1) is 0 Å². The second-order valence-electron chi connectivity index (χ2n) is 7.15. The van der Waals surface area contributed by atoms with Gasteiger partial charge in [-0.25, -0.2) is 4.39 Å². The summed E-state index contributed by atoms with van der Waals surface area (Å²) in [7, 11) is 0. The normalized spacial score (nSPS) is 15.3. The maximum absolute atomic E-state index is 13.1. The third-order valence-electron chi connectivity index (χ3n) is 5.02. The number of hydrogen-bond acceptors (Lipinski definition) is 5. The molecular formula is C21H23FN6O. The zero-order valence-corrected chi connectivity index (χ0v) is 16.1. The van der Waals surface area contributed by atoms with E-state index >= 15 is 0 Å². The molecule has 0 aliphatic carbocycles. The summed E-state index contributed by atoms with van der Waals surface area (Å²) in [6, 6.07) is 16.2. The molecule has 0 atom stereocenters. The quantitative estimate of drug-likeness (QED) is 0.664. The van der Waals surface area contributed by atoms with E-state index in [1.54, 1.807) is 0 Å². The molecule has 4 rings (SSSR count). The molecule has 0 bridgehead atoms. The van der Waals surface area contributed by atoms with Gasteiger partial charge >= 0.3 is 0 Å². The van der Waals surface area contributed by atoms with E-state index in [0.29, 0.717) is 18.9 Å². The molecule has 1 saturated heterocycles. The number of benzene rings is 2. The van der Waals surface area contributed by atoms with Crippen molar-refractivity contribution in [2.75, 3.05) is 26.2 Å². The Morgan fingerprint density at radius 2 is 1.76 bits per heavy atom. The highest BCUT2D eigenvalue weighted by Gasteiger charge is 2.20. The number of aromatic nitrogens is 4. The Kier molecular flexibility index (Phi) is 5.90. The van der Waals surface area contributed by atoms with Gasteiger partial charge in [0, 0.05) is 38.3 Å². The summed E-state index contributed by atoms with van der Waals surface area (Å²) in [4.78, 5) is 18.2. The first-order chi connectivity index (χ1) is 14.2. The minimum Gasteiger partial charge on any atom is -0.340 e. The van der Waals surface area contributed by atoms with Crippen molar-refractivity contribution >= 4 is 5.91 Å². The van der Waals surface area contributed by atoms with E-state index in [-0.39, 0.29) is 18.3 Å². The molecule has 150 valence electrons. The topological polar surface area (TPSA) is 67.2 Å². The second kappa shape index (κ2) is 8.91. The lowest BCUT2D eigenvalue weighted by atomic mass is 10.2. The van der Waals surface area contributed by atoms with Gasteiger partial charge in [0.2, 0.25) is 11.7 Å². The van der Waals surface area contributed by atoms with Crippen LogP contribution in [0.25, 0.3) is 11.4 Å². The fraction of sp³-hybridized carbons (Fsp3) is 0.333. The largest absolute Gasteiger partial charge is 0.340 e. The predicted molar refractivity (Wildman–Crippen MR) is 106 cm³/mol. The molecule has 0 radical (unpaired) electrons. The summed E-state index contributed by atoms with van der Waals surface area (Å²) in [6.07, 6.45) is 0.896. The number of rotatable bonds is 5. The predicted octanol–water partition coefficient (Wildman–Crippen LogP) is 2.21. The Balaban J connectivity index is 1.31. The Morgan fingerprint density at radius 3 is 2.55 bits per heavy atom. The molecule has 1 aliphatic rings. The maximum Gasteiger partial charge on any atom is 0.246 e. The molecule has 2 aromatic carbocycles. The smallest absolute Gasteiger partial charge is 0.246 e. The molecule has 1 fully saturated rings.